The SMILES string of the molecule is Cc1ccnc(-c2ccccn2)n1.[Ir]. The predicted molar refractivity (Wildman–Crippen MR) is 50.0 cm³/mol. The van der Waals surface area contributed by atoms with Crippen LogP contribution in [0.5, 0.6) is 0 Å². The van der Waals surface area contributed by atoms with Crippen LogP contribution >= 0.6 is 0 Å². The number of hydrogen-bond acceptors (Lipinski definition) is 3. The summed E-state index contributed by atoms with van der Waals surface area (Å²) >= 11 is 0. The van der Waals surface area contributed by atoms with Crippen LogP contribution in [0.25, 0.3) is 11.5 Å². The molecule has 0 bridgehead atoms. The van der Waals surface area contributed by atoms with Crippen molar-refractivity contribution in [3.05, 3.63) is 42.4 Å². The molecule has 0 N–H and O–H groups in total. The molecule has 0 aliphatic rings. The van der Waals surface area contributed by atoms with Crippen molar-refractivity contribution in [3.63, 3.8) is 0 Å². The summed E-state index contributed by atoms with van der Waals surface area (Å²) in [4.78, 5) is 12.6. The summed E-state index contributed by atoms with van der Waals surface area (Å²) < 4.78 is 0. The van der Waals surface area contributed by atoms with E-state index >= 15 is 0 Å². The fourth-order valence-electron chi connectivity index (χ4n) is 1.07. The number of pyridine rings is 1. The van der Waals surface area contributed by atoms with Gasteiger partial charge in [0.15, 0.2) is 5.82 Å². The molecule has 0 unspecified atom stereocenters. The Labute approximate surface area is 96.0 Å². The summed E-state index contributed by atoms with van der Waals surface area (Å²) in [6.07, 6.45) is 3.48. The normalized spacial score (nSPS) is 9.21. The van der Waals surface area contributed by atoms with E-state index < -0.39 is 0 Å². The molecule has 0 aliphatic heterocycles. The van der Waals surface area contributed by atoms with Crippen molar-refractivity contribution in [2.45, 2.75) is 6.92 Å². The Balaban J connectivity index is 0.000000980. The summed E-state index contributed by atoms with van der Waals surface area (Å²) in [5.41, 5.74) is 1.77. The van der Waals surface area contributed by atoms with E-state index in [1.807, 2.05) is 31.2 Å². The van der Waals surface area contributed by atoms with Crippen LogP contribution in [0.3, 0.4) is 0 Å². The van der Waals surface area contributed by atoms with Gasteiger partial charge in [-0.1, -0.05) is 6.07 Å². The molecule has 0 saturated heterocycles. The summed E-state index contributed by atoms with van der Waals surface area (Å²) in [6.45, 7) is 1.94. The molecule has 1 radical (unpaired) electrons. The maximum atomic E-state index is 4.27. The van der Waals surface area contributed by atoms with Gasteiger partial charge >= 0.3 is 0 Å². The predicted octanol–water partition coefficient (Wildman–Crippen LogP) is 1.84. The number of rotatable bonds is 1. The van der Waals surface area contributed by atoms with Crippen LogP contribution in [0.2, 0.25) is 0 Å². The number of hydrogen-bond donors (Lipinski definition) is 0. The Kier molecular flexibility index (Phi) is 3.86. The van der Waals surface area contributed by atoms with E-state index in [0.717, 1.165) is 11.4 Å². The van der Waals surface area contributed by atoms with Crippen LogP contribution in [0.15, 0.2) is 36.7 Å². The zero-order valence-corrected chi connectivity index (χ0v) is 10.0. The molecule has 0 aliphatic carbocycles. The van der Waals surface area contributed by atoms with E-state index in [2.05, 4.69) is 15.0 Å². The maximum Gasteiger partial charge on any atom is 0.178 e. The first-order chi connectivity index (χ1) is 6.36. The maximum absolute atomic E-state index is 4.27. The molecule has 0 aromatic carbocycles. The Morgan fingerprint density at radius 2 is 1.86 bits per heavy atom. The molecule has 0 spiro atoms. The second-order valence-corrected chi connectivity index (χ2v) is 2.74. The van der Waals surface area contributed by atoms with Gasteiger partial charge in [0.05, 0.1) is 0 Å². The molecule has 0 fully saturated rings. The number of aromatic nitrogens is 3. The van der Waals surface area contributed by atoms with Gasteiger partial charge in [0.1, 0.15) is 5.69 Å². The second-order valence-electron chi connectivity index (χ2n) is 2.74. The van der Waals surface area contributed by atoms with Crippen molar-refractivity contribution in [2.75, 3.05) is 0 Å². The Morgan fingerprint density at radius 3 is 2.50 bits per heavy atom. The summed E-state index contributed by atoms with van der Waals surface area (Å²) in [5, 5.41) is 0. The van der Waals surface area contributed by atoms with Crippen LogP contribution < -0.4 is 0 Å². The monoisotopic (exact) mass is 364 g/mol. The zero-order valence-electron chi connectivity index (χ0n) is 7.64. The van der Waals surface area contributed by atoms with Crippen molar-refractivity contribution in [1.82, 2.24) is 15.0 Å². The molecule has 0 saturated carbocycles. The zero-order chi connectivity index (χ0) is 9.10. The van der Waals surface area contributed by atoms with Crippen molar-refractivity contribution < 1.29 is 20.1 Å². The second kappa shape index (κ2) is 4.94. The van der Waals surface area contributed by atoms with E-state index in [-0.39, 0.29) is 20.1 Å². The minimum absolute atomic E-state index is 0. The number of aryl methyl sites for hydroxylation is 1. The van der Waals surface area contributed by atoms with Crippen molar-refractivity contribution >= 4 is 0 Å². The molecule has 2 rings (SSSR count). The molecule has 0 atom stereocenters. The van der Waals surface area contributed by atoms with Crippen LogP contribution in [-0.2, 0) is 20.1 Å². The van der Waals surface area contributed by atoms with Gasteiger partial charge in [0.2, 0.25) is 0 Å². The van der Waals surface area contributed by atoms with Crippen molar-refractivity contribution in [1.29, 1.82) is 0 Å². The molecular weight excluding hydrogens is 354 g/mol. The number of nitrogens with zero attached hydrogens (tertiary/aromatic N) is 3. The van der Waals surface area contributed by atoms with Crippen LogP contribution in [0.4, 0.5) is 0 Å². The third kappa shape index (κ3) is 2.44. The fraction of sp³-hybridized carbons (Fsp3) is 0.100. The molecule has 3 nitrogen and oxygen atoms in total. The van der Waals surface area contributed by atoms with Gasteiger partial charge in [-0.25, -0.2) is 9.97 Å². The Hall–Kier alpha value is -1.12. The van der Waals surface area contributed by atoms with Gasteiger partial charge < -0.3 is 0 Å². The summed E-state index contributed by atoms with van der Waals surface area (Å²) in [5.74, 6) is 0.681. The van der Waals surface area contributed by atoms with Crippen molar-refractivity contribution in [3.8, 4) is 11.5 Å². The molecule has 0 amide bonds. The average Bonchev–Trinajstić information content (AvgIpc) is 2.19. The summed E-state index contributed by atoms with van der Waals surface area (Å²) in [7, 11) is 0. The van der Waals surface area contributed by atoms with E-state index in [1.165, 1.54) is 0 Å². The minimum atomic E-state index is 0. The molecular formula is C10H9IrN3. The first-order valence-electron chi connectivity index (χ1n) is 4.07. The van der Waals surface area contributed by atoms with Gasteiger partial charge in [-0.3, -0.25) is 4.98 Å². The largest absolute Gasteiger partial charge is 0.253 e. The quantitative estimate of drug-likeness (QED) is 0.776. The fourth-order valence-corrected chi connectivity index (χ4v) is 1.07. The first-order valence-corrected chi connectivity index (χ1v) is 4.07. The minimum Gasteiger partial charge on any atom is -0.253 e. The molecule has 2 heterocycles. The Bertz CT molecular complexity index is 403. The van der Waals surface area contributed by atoms with Gasteiger partial charge in [-0.2, -0.15) is 0 Å². The smallest absolute Gasteiger partial charge is 0.178 e. The molecule has 2 aromatic rings. The van der Waals surface area contributed by atoms with E-state index in [4.69, 9.17) is 0 Å². The van der Waals surface area contributed by atoms with Gasteiger partial charge in [0.25, 0.3) is 0 Å². The van der Waals surface area contributed by atoms with E-state index in [1.54, 1.807) is 12.4 Å². The van der Waals surface area contributed by atoms with E-state index in [9.17, 15) is 0 Å². The third-order valence-corrected chi connectivity index (χ3v) is 1.69. The van der Waals surface area contributed by atoms with Crippen LogP contribution in [-0.4, -0.2) is 15.0 Å². The first kappa shape index (κ1) is 11.0. The molecule has 14 heavy (non-hydrogen) atoms. The topological polar surface area (TPSA) is 38.7 Å². The third-order valence-electron chi connectivity index (χ3n) is 1.69. The summed E-state index contributed by atoms with van der Waals surface area (Å²) in [6, 6.07) is 7.56. The van der Waals surface area contributed by atoms with Crippen LogP contribution in [0.1, 0.15) is 5.69 Å². The van der Waals surface area contributed by atoms with E-state index in [0.29, 0.717) is 5.82 Å². The molecule has 2 aromatic heterocycles. The van der Waals surface area contributed by atoms with Gasteiger partial charge in [-0.05, 0) is 25.1 Å². The molecule has 73 valence electrons. The molecule has 4 heteroatoms. The van der Waals surface area contributed by atoms with Crippen molar-refractivity contribution in [2.24, 2.45) is 0 Å². The Morgan fingerprint density at radius 1 is 1.00 bits per heavy atom. The van der Waals surface area contributed by atoms with Crippen LogP contribution in [0, 0.1) is 6.92 Å². The average molecular weight is 363 g/mol. The van der Waals surface area contributed by atoms with Gasteiger partial charge in [0, 0.05) is 38.2 Å². The van der Waals surface area contributed by atoms with Gasteiger partial charge in [-0.15, -0.1) is 0 Å². The standard InChI is InChI=1S/C10H9N3.Ir/c1-8-5-7-12-10(13-8)9-4-2-3-6-11-9;/h2-7H,1H3;.